The van der Waals surface area contributed by atoms with Crippen LogP contribution in [0.4, 0.5) is 0 Å². The van der Waals surface area contributed by atoms with Gasteiger partial charge in [0.05, 0.1) is 6.54 Å². The average Bonchev–Trinajstić information content (AvgIpc) is 2.42. The van der Waals surface area contributed by atoms with Gasteiger partial charge in [0, 0.05) is 18.9 Å². The smallest absolute Gasteiger partial charge is 0.0989 e. The standard InChI is InChI=1S/C4H6N2O/c7-5-1-2-6-3-4-6/h3-4H,1-2H2. The Balaban J connectivity index is 1.90. The first kappa shape index (κ1) is 4.30. The van der Waals surface area contributed by atoms with Crippen molar-refractivity contribution in [3.63, 3.8) is 0 Å². The molecular formula is C4H6N2O. The van der Waals surface area contributed by atoms with Crippen molar-refractivity contribution in [1.29, 1.82) is 0 Å². The van der Waals surface area contributed by atoms with E-state index in [9.17, 15) is 4.91 Å². The highest BCUT2D eigenvalue weighted by Crippen LogP contribution is 2.03. The molecule has 1 rings (SSSR count). The molecule has 0 atom stereocenters. The maximum atomic E-state index is 9.43. The zero-order valence-electron chi connectivity index (χ0n) is 3.87. The predicted octanol–water partition coefficient (Wildman–Crippen LogP) is 0.540. The van der Waals surface area contributed by atoms with E-state index in [1.54, 1.807) is 0 Å². The Hall–Kier alpha value is -0.860. The molecule has 0 amide bonds. The molecule has 1 aliphatic heterocycles. The van der Waals surface area contributed by atoms with Gasteiger partial charge in [-0.15, -0.1) is 0 Å². The molecule has 0 aromatic rings. The summed E-state index contributed by atoms with van der Waals surface area (Å²) in [5.41, 5.74) is 0. The van der Waals surface area contributed by atoms with E-state index in [2.05, 4.69) is 5.18 Å². The molecule has 1 aliphatic rings. The predicted molar refractivity (Wildman–Crippen MR) is 26.5 cm³/mol. The fraction of sp³-hybridized carbons (Fsp3) is 0.500. The van der Waals surface area contributed by atoms with E-state index in [1.165, 1.54) is 0 Å². The van der Waals surface area contributed by atoms with Crippen LogP contribution in [0.5, 0.6) is 0 Å². The Morgan fingerprint density at radius 1 is 1.57 bits per heavy atom. The monoisotopic (exact) mass is 98.0 g/mol. The van der Waals surface area contributed by atoms with E-state index in [1.807, 2.05) is 17.3 Å². The summed E-state index contributed by atoms with van der Waals surface area (Å²) in [6.45, 7) is 1.15. The molecule has 0 bridgehead atoms. The van der Waals surface area contributed by atoms with Gasteiger partial charge in [-0.2, -0.15) is 4.91 Å². The normalized spacial score (nSPS) is 14.6. The van der Waals surface area contributed by atoms with E-state index in [4.69, 9.17) is 0 Å². The van der Waals surface area contributed by atoms with Crippen molar-refractivity contribution in [3.8, 4) is 0 Å². The molecule has 3 nitrogen and oxygen atoms in total. The molecule has 38 valence electrons. The quantitative estimate of drug-likeness (QED) is 0.482. The molecule has 0 aromatic carbocycles. The van der Waals surface area contributed by atoms with Gasteiger partial charge in [-0.25, -0.2) is 0 Å². The van der Waals surface area contributed by atoms with Gasteiger partial charge in [-0.05, 0) is 0 Å². The Labute approximate surface area is 41.6 Å². The maximum absolute atomic E-state index is 9.43. The molecule has 0 fully saturated rings. The molecular weight excluding hydrogens is 92.1 g/mol. The third-order valence-corrected chi connectivity index (χ3v) is 0.809. The maximum Gasteiger partial charge on any atom is 0.0989 e. The minimum Gasteiger partial charge on any atom is -0.349 e. The van der Waals surface area contributed by atoms with Crippen molar-refractivity contribution >= 4 is 0 Å². The molecule has 0 spiro atoms. The summed E-state index contributed by atoms with van der Waals surface area (Å²) in [4.78, 5) is 11.4. The SMILES string of the molecule is O=NCCN1C=C1. The summed E-state index contributed by atoms with van der Waals surface area (Å²) in [5, 5.41) is 2.68. The highest BCUT2D eigenvalue weighted by atomic mass is 16.3. The van der Waals surface area contributed by atoms with Crippen LogP contribution in [0.2, 0.25) is 0 Å². The van der Waals surface area contributed by atoms with Gasteiger partial charge in [0.25, 0.3) is 0 Å². The lowest BCUT2D eigenvalue weighted by molar-refractivity contribution is 0.613. The van der Waals surface area contributed by atoms with Crippen LogP contribution in [0.25, 0.3) is 0 Å². The van der Waals surface area contributed by atoms with Gasteiger partial charge in [0.2, 0.25) is 0 Å². The van der Waals surface area contributed by atoms with Crippen LogP contribution in [-0.4, -0.2) is 18.0 Å². The van der Waals surface area contributed by atoms with E-state index in [0.717, 1.165) is 6.54 Å². The minimum absolute atomic E-state index is 0.396. The van der Waals surface area contributed by atoms with Gasteiger partial charge >= 0.3 is 0 Å². The second-order valence-corrected chi connectivity index (χ2v) is 1.39. The van der Waals surface area contributed by atoms with E-state index in [0.29, 0.717) is 6.54 Å². The summed E-state index contributed by atoms with van der Waals surface area (Å²) in [6.07, 6.45) is 3.82. The van der Waals surface area contributed by atoms with E-state index >= 15 is 0 Å². The van der Waals surface area contributed by atoms with Gasteiger partial charge in [0.15, 0.2) is 0 Å². The Morgan fingerprint density at radius 2 is 2.29 bits per heavy atom. The number of nitroso groups, excluding NO2 is 1. The van der Waals surface area contributed by atoms with Crippen LogP contribution in [0.1, 0.15) is 0 Å². The summed E-state index contributed by atoms with van der Waals surface area (Å²) in [7, 11) is 0. The second kappa shape index (κ2) is 1.73. The van der Waals surface area contributed by atoms with Crippen molar-refractivity contribution in [2.24, 2.45) is 5.18 Å². The van der Waals surface area contributed by atoms with Crippen LogP contribution < -0.4 is 0 Å². The van der Waals surface area contributed by atoms with Gasteiger partial charge < -0.3 is 4.90 Å². The lowest BCUT2D eigenvalue weighted by Crippen LogP contribution is -2.00. The first-order valence-corrected chi connectivity index (χ1v) is 2.16. The third kappa shape index (κ3) is 1.34. The minimum atomic E-state index is 0.396. The van der Waals surface area contributed by atoms with Crippen molar-refractivity contribution in [2.45, 2.75) is 0 Å². The lowest BCUT2D eigenvalue weighted by atomic mass is 10.6. The Kier molecular flexibility index (Phi) is 1.06. The van der Waals surface area contributed by atoms with Gasteiger partial charge in [-0.1, -0.05) is 5.18 Å². The summed E-state index contributed by atoms with van der Waals surface area (Å²) in [5.74, 6) is 0. The third-order valence-electron chi connectivity index (χ3n) is 0.809. The second-order valence-electron chi connectivity index (χ2n) is 1.39. The molecule has 7 heavy (non-hydrogen) atoms. The Morgan fingerprint density at radius 3 is 2.71 bits per heavy atom. The summed E-state index contributed by atoms with van der Waals surface area (Å²) < 4.78 is 0. The number of hydrogen-bond acceptors (Lipinski definition) is 3. The number of nitrogens with zero attached hydrogens (tertiary/aromatic N) is 2. The van der Waals surface area contributed by atoms with Crippen molar-refractivity contribution in [2.75, 3.05) is 13.1 Å². The molecule has 0 saturated heterocycles. The van der Waals surface area contributed by atoms with E-state index in [-0.39, 0.29) is 0 Å². The molecule has 0 aromatic heterocycles. The molecule has 0 N–H and O–H groups in total. The highest BCUT2D eigenvalue weighted by molar-refractivity contribution is 5.00. The largest absolute Gasteiger partial charge is 0.349 e. The fourth-order valence-corrected chi connectivity index (χ4v) is 0.353. The number of hydrogen-bond donors (Lipinski definition) is 0. The molecule has 1 heterocycles. The summed E-state index contributed by atoms with van der Waals surface area (Å²) >= 11 is 0. The van der Waals surface area contributed by atoms with Crippen LogP contribution >= 0.6 is 0 Å². The first-order chi connectivity index (χ1) is 3.43. The first-order valence-electron chi connectivity index (χ1n) is 2.16. The lowest BCUT2D eigenvalue weighted by Gasteiger charge is -1.92. The Bertz CT molecular complexity index is 93.9. The zero-order valence-corrected chi connectivity index (χ0v) is 3.87. The molecule has 0 saturated carbocycles. The molecule has 0 aliphatic carbocycles. The molecule has 0 radical (unpaired) electrons. The van der Waals surface area contributed by atoms with Crippen LogP contribution in [0.3, 0.4) is 0 Å². The fourth-order valence-electron chi connectivity index (χ4n) is 0.353. The molecule has 3 heteroatoms. The van der Waals surface area contributed by atoms with Crippen LogP contribution in [-0.2, 0) is 0 Å². The van der Waals surface area contributed by atoms with Crippen molar-refractivity contribution in [3.05, 3.63) is 17.3 Å². The van der Waals surface area contributed by atoms with Crippen molar-refractivity contribution in [1.82, 2.24) is 4.90 Å². The highest BCUT2D eigenvalue weighted by Gasteiger charge is 2.02. The molecule has 0 unspecified atom stereocenters. The van der Waals surface area contributed by atoms with Crippen LogP contribution in [0.15, 0.2) is 17.6 Å². The van der Waals surface area contributed by atoms with Crippen molar-refractivity contribution < 1.29 is 0 Å². The topological polar surface area (TPSA) is 32.4 Å². The average molecular weight is 98.1 g/mol. The van der Waals surface area contributed by atoms with Gasteiger partial charge in [-0.3, -0.25) is 0 Å². The number of rotatable bonds is 3. The van der Waals surface area contributed by atoms with E-state index < -0.39 is 0 Å². The van der Waals surface area contributed by atoms with Crippen LogP contribution in [0, 0.1) is 4.91 Å². The van der Waals surface area contributed by atoms with Gasteiger partial charge in [0.1, 0.15) is 0 Å². The summed E-state index contributed by atoms with van der Waals surface area (Å²) in [6, 6.07) is 0. The zero-order chi connectivity index (χ0) is 5.11.